The van der Waals surface area contributed by atoms with E-state index in [9.17, 15) is 10.1 Å². The predicted octanol–water partition coefficient (Wildman–Crippen LogP) is 3.61. The average Bonchev–Trinajstić information content (AvgIpc) is 3.43. The summed E-state index contributed by atoms with van der Waals surface area (Å²) in [6, 6.07) is 31.1. The van der Waals surface area contributed by atoms with Gasteiger partial charge in [-0.1, -0.05) is 60.7 Å². The molecule has 0 radical (unpaired) electrons. The number of benzene rings is 4. The van der Waals surface area contributed by atoms with Crippen LogP contribution < -0.4 is 48.0 Å². The molecule has 2 aliphatic heterocycles. The summed E-state index contributed by atoms with van der Waals surface area (Å²) in [6.45, 7) is 15.5. The van der Waals surface area contributed by atoms with Crippen LogP contribution in [0, 0.1) is 10.1 Å². The van der Waals surface area contributed by atoms with Gasteiger partial charge >= 0.3 is 0 Å². The van der Waals surface area contributed by atoms with E-state index in [2.05, 4.69) is 142 Å². The van der Waals surface area contributed by atoms with Crippen molar-refractivity contribution in [3.8, 4) is 0 Å². The third-order valence-electron chi connectivity index (χ3n) is 10.1. The number of hydrogen-bond donors (Lipinski definition) is 0. The first-order valence-electron chi connectivity index (χ1n) is 16.8. The number of halogens is 2. The zero-order valence-electron chi connectivity index (χ0n) is 29.2. The molecule has 2 aliphatic rings. The molecule has 0 bridgehead atoms. The van der Waals surface area contributed by atoms with E-state index < -0.39 is 0 Å². The van der Waals surface area contributed by atoms with Gasteiger partial charge in [-0.3, -0.25) is 10.1 Å². The Hall–Kier alpha value is -3.44. The van der Waals surface area contributed by atoms with Crippen molar-refractivity contribution in [3.05, 3.63) is 147 Å². The highest BCUT2D eigenvalue weighted by Gasteiger charge is 2.44. The maximum atomic E-state index is 11.4. The zero-order valence-corrected chi connectivity index (χ0v) is 33.5. The molecule has 6 rings (SSSR count). The van der Waals surface area contributed by atoms with Crippen molar-refractivity contribution >= 4 is 40.6 Å². The molecular weight excluding hydrogens is 832 g/mol. The van der Waals surface area contributed by atoms with Crippen LogP contribution in [0.25, 0.3) is 12.2 Å². The quantitative estimate of drug-likeness (QED) is 0.106. The predicted molar refractivity (Wildman–Crippen MR) is 195 cm³/mol. The number of rotatable bonds is 10. The van der Waals surface area contributed by atoms with E-state index in [1.54, 1.807) is 18.2 Å². The molecule has 0 atom stereocenters. The van der Waals surface area contributed by atoms with E-state index in [0.29, 0.717) is 0 Å². The van der Waals surface area contributed by atoms with Gasteiger partial charge in [0.1, 0.15) is 13.1 Å². The summed E-state index contributed by atoms with van der Waals surface area (Å²) < 4.78 is 4.85. The molecule has 0 aromatic heterocycles. The molecule has 0 unspecified atom stereocenters. The number of fused-ring (bicyclic) bond motifs is 2. The van der Waals surface area contributed by atoms with E-state index in [4.69, 9.17) is 0 Å². The molecule has 0 amide bonds. The largest absolute Gasteiger partial charge is 1.00 e. The lowest BCUT2D eigenvalue weighted by Gasteiger charge is -2.16. The average molecular weight is 878 g/mol. The lowest BCUT2D eigenvalue weighted by Crippen LogP contribution is -3.00. The van der Waals surface area contributed by atoms with Crippen LogP contribution in [0.3, 0.4) is 0 Å². The lowest BCUT2D eigenvalue weighted by atomic mass is 9.81. The van der Waals surface area contributed by atoms with Gasteiger partial charge in [-0.05, 0) is 94.9 Å². The number of para-hydroxylation sites is 2. The first-order valence-corrected chi connectivity index (χ1v) is 16.8. The Morgan fingerprint density at radius 1 is 0.653 bits per heavy atom. The van der Waals surface area contributed by atoms with Crippen LogP contribution in [0.15, 0.2) is 103 Å². The summed E-state index contributed by atoms with van der Waals surface area (Å²) in [6.07, 6.45) is 10.6. The van der Waals surface area contributed by atoms with Gasteiger partial charge in [0.15, 0.2) is 11.4 Å². The summed E-state index contributed by atoms with van der Waals surface area (Å²) in [4.78, 5) is 11.1. The van der Waals surface area contributed by atoms with Crippen LogP contribution in [-0.4, -0.2) is 38.6 Å². The smallest absolute Gasteiger partial charge is 0.269 e. The second kappa shape index (κ2) is 15.6. The number of aryl methyl sites for hydroxylation is 2. The second-order valence-electron chi connectivity index (χ2n) is 13.6. The summed E-state index contributed by atoms with van der Waals surface area (Å²) in [7, 11) is 0. The number of allylic oxidation sites excluding steroid dienone is 2. The summed E-state index contributed by atoms with van der Waals surface area (Å²) in [5.41, 5.74) is 12.3. The Balaban J connectivity index is 0.00000270. The first-order chi connectivity index (χ1) is 22.6. The van der Waals surface area contributed by atoms with E-state index in [-0.39, 0.29) is 69.4 Å². The Kier molecular flexibility index (Phi) is 12.2. The van der Waals surface area contributed by atoms with Crippen LogP contribution in [-0.2, 0) is 23.7 Å². The molecule has 7 heteroatoms. The van der Waals surface area contributed by atoms with Crippen LogP contribution in [0.2, 0.25) is 0 Å². The maximum absolute atomic E-state index is 11.4. The van der Waals surface area contributed by atoms with Gasteiger partial charge in [0, 0.05) is 47.5 Å². The minimum atomic E-state index is -0.321. The third kappa shape index (κ3) is 7.38. The van der Waals surface area contributed by atoms with Gasteiger partial charge in [0.2, 0.25) is 11.4 Å². The van der Waals surface area contributed by atoms with Crippen LogP contribution in [0.1, 0.15) is 74.9 Å². The van der Waals surface area contributed by atoms with Gasteiger partial charge in [0.05, 0.1) is 15.8 Å². The van der Waals surface area contributed by atoms with Crippen molar-refractivity contribution in [2.24, 2.45) is 0 Å². The highest BCUT2D eigenvalue weighted by molar-refractivity contribution is 6.06. The Morgan fingerprint density at radius 2 is 1.20 bits per heavy atom. The van der Waals surface area contributed by atoms with Gasteiger partial charge in [-0.15, -0.1) is 0 Å². The van der Waals surface area contributed by atoms with Gasteiger partial charge in [0.25, 0.3) is 5.69 Å². The van der Waals surface area contributed by atoms with Crippen molar-refractivity contribution in [2.45, 2.75) is 65.2 Å². The molecule has 4 aromatic carbocycles. The molecular formula is C42H45I2N3O2. The highest BCUT2D eigenvalue weighted by Crippen LogP contribution is 2.41. The van der Waals surface area contributed by atoms with Gasteiger partial charge in [-0.25, -0.2) is 0 Å². The number of nitrogens with zero attached hydrogens (tertiary/aromatic N) is 3. The molecule has 0 aliphatic carbocycles. The molecule has 49 heavy (non-hydrogen) atoms. The minimum absolute atomic E-state index is 0. The standard InChI is InChI=1S/C42H45N3O2.2HI/c1-7-43-37-18-11-9-16-35(37)41(3,4)39(43)26-22-31-21-24-32(23-20-30-14-13-15-34(29-30)45(46)47)33(28-31)25-27-40-42(5,6)36-17-10-12-19-38(36)44(40)8-2;;/h9-19,21-22,24-29H,7-8,20,23H2,1-6H3;2*1H/q+2;;/p-2/b26-22+,27-25+;;. The molecule has 0 saturated carbocycles. The highest BCUT2D eigenvalue weighted by atomic mass is 127. The monoisotopic (exact) mass is 877 g/mol. The molecule has 5 nitrogen and oxygen atoms in total. The number of non-ortho nitro benzene ring substituents is 1. The topological polar surface area (TPSA) is 49.2 Å². The normalized spacial score (nSPS) is 15.7. The van der Waals surface area contributed by atoms with Crippen molar-refractivity contribution in [1.82, 2.24) is 0 Å². The second-order valence-corrected chi connectivity index (χ2v) is 13.6. The fourth-order valence-corrected chi connectivity index (χ4v) is 7.51. The molecule has 2 heterocycles. The SMILES string of the molecule is CC[N+]1=C(/C=C/c2ccc(CCc3cccc([N+](=O)[O-])c3)c(/C=C/C3=[N+](CC)c4ccccc4C3(C)C)c2)C(C)(C)c2ccccc21.[I-].[I-]. The summed E-state index contributed by atoms with van der Waals surface area (Å²) in [5.74, 6) is 0. The molecule has 254 valence electrons. The Labute approximate surface area is 325 Å². The van der Waals surface area contributed by atoms with Gasteiger partial charge in [-0.2, -0.15) is 9.15 Å². The fourth-order valence-electron chi connectivity index (χ4n) is 7.51. The number of hydrogen-bond acceptors (Lipinski definition) is 2. The van der Waals surface area contributed by atoms with E-state index in [1.807, 2.05) is 6.07 Å². The molecule has 0 spiro atoms. The van der Waals surface area contributed by atoms with Crippen LogP contribution in [0.5, 0.6) is 0 Å². The van der Waals surface area contributed by atoms with Crippen molar-refractivity contribution in [1.29, 1.82) is 0 Å². The van der Waals surface area contributed by atoms with Gasteiger partial charge < -0.3 is 48.0 Å². The van der Waals surface area contributed by atoms with Crippen molar-refractivity contribution in [2.75, 3.05) is 13.1 Å². The Morgan fingerprint density at radius 3 is 1.76 bits per heavy atom. The van der Waals surface area contributed by atoms with Crippen molar-refractivity contribution < 1.29 is 62.0 Å². The van der Waals surface area contributed by atoms with E-state index >= 15 is 0 Å². The van der Waals surface area contributed by atoms with Crippen LogP contribution >= 0.6 is 0 Å². The molecule has 0 N–H and O–H groups in total. The lowest BCUT2D eigenvalue weighted by molar-refractivity contribution is -0.433. The van der Waals surface area contributed by atoms with E-state index in [1.165, 1.54) is 45.1 Å². The minimum Gasteiger partial charge on any atom is -1.00 e. The maximum Gasteiger partial charge on any atom is 0.269 e. The summed E-state index contributed by atoms with van der Waals surface area (Å²) >= 11 is 0. The number of nitro groups is 1. The van der Waals surface area contributed by atoms with Crippen LogP contribution in [0.4, 0.5) is 17.1 Å². The number of nitro benzene ring substituents is 1. The Bertz CT molecular complexity index is 2000. The fraction of sp³-hybridized carbons (Fsp3) is 0.286. The molecule has 0 fully saturated rings. The van der Waals surface area contributed by atoms with E-state index in [0.717, 1.165) is 37.1 Å². The molecule has 0 saturated heterocycles. The van der Waals surface area contributed by atoms with Crippen molar-refractivity contribution in [3.63, 3.8) is 0 Å². The third-order valence-corrected chi connectivity index (χ3v) is 10.1. The zero-order chi connectivity index (χ0) is 33.3. The first kappa shape index (κ1) is 38.4. The summed E-state index contributed by atoms with van der Waals surface area (Å²) in [5, 5.41) is 11.4. The molecule has 4 aromatic rings.